The van der Waals surface area contributed by atoms with Crippen molar-refractivity contribution in [3.05, 3.63) is 29.8 Å². The Morgan fingerprint density at radius 2 is 1.90 bits per heavy atom. The standard InChI is InChI=1S/C16H21NO4/c1-3-21-15(18)12-8-10-17(11-9-12)14-7-5-4-6-13(14)16(19)20-2/h4-7,12H,3,8-11H2,1-2H3. The molecule has 0 amide bonds. The van der Waals surface area contributed by atoms with E-state index in [1.165, 1.54) is 7.11 Å². The van der Waals surface area contributed by atoms with E-state index in [4.69, 9.17) is 9.47 Å². The second-order valence-corrected chi connectivity index (χ2v) is 5.02. The molecule has 114 valence electrons. The van der Waals surface area contributed by atoms with Crippen LogP contribution in [0.1, 0.15) is 30.1 Å². The van der Waals surface area contributed by atoms with Gasteiger partial charge in [0, 0.05) is 13.1 Å². The van der Waals surface area contributed by atoms with Crippen molar-refractivity contribution >= 4 is 17.6 Å². The summed E-state index contributed by atoms with van der Waals surface area (Å²) in [5.74, 6) is -0.483. The first kappa shape index (κ1) is 15.4. The van der Waals surface area contributed by atoms with Crippen molar-refractivity contribution in [2.45, 2.75) is 19.8 Å². The number of ether oxygens (including phenoxy) is 2. The number of nitrogens with zero attached hydrogens (tertiary/aromatic N) is 1. The summed E-state index contributed by atoms with van der Waals surface area (Å²) in [6, 6.07) is 7.40. The summed E-state index contributed by atoms with van der Waals surface area (Å²) in [4.78, 5) is 25.7. The van der Waals surface area contributed by atoms with Gasteiger partial charge in [-0.1, -0.05) is 12.1 Å². The van der Waals surface area contributed by atoms with E-state index in [0.29, 0.717) is 12.2 Å². The summed E-state index contributed by atoms with van der Waals surface area (Å²) in [5, 5.41) is 0. The molecule has 1 aliphatic rings. The maximum atomic E-state index is 11.8. The number of hydrogen-bond acceptors (Lipinski definition) is 5. The Kier molecular flexibility index (Phi) is 5.20. The molecule has 5 heteroatoms. The lowest BCUT2D eigenvalue weighted by atomic mass is 9.96. The largest absolute Gasteiger partial charge is 0.466 e. The monoisotopic (exact) mass is 291 g/mol. The van der Waals surface area contributed by atoms with E-state index in [9.17, 15) is 9.59 Å². The SMILES string of the molecule is CCOC(=O)C1CCN(c2ccccc2C(=O)OC)CC1. The number of carbonyl (C=O) groups excluding carboxylic acids is 2. The van der Waals surface area contributed by atoms with Gasteiger partial charge < -0.3 is 14.4 Å². The van der Waals surface area contributed by atoms with Crippen LogP contribution in [0.2, 0.25) is 0 Å². The highest BCUT2D eigenvalue weighted by atomic mass is 16.5. The predicted molar refractivity (Wildman–Crippen MR) is 79.4 cm³/mol. The Hall–Kier alpha value is -2.04. The van der Waals surface area contributed by atoms with Crippen molar-refractivity contribution in [1.29, 1.82) is 0 Å². The molecule has 1 aliphatic heterocycles. The van der Waals surface area contributed by atoms with Crippen molar-refractivity contribution in [2.24, 2.45) is 5.92 Å². The topological polar surface area (TPSA) is 55.8 Å². The molecule has 0 bridgehead atoms. The summed E-state index contributed by atoms with van der Waals surface area (Å²) in [6.07, 6.45) is 1.49. The molecule has 2 rings (SSSR count). The minimum Gasteiger partial charge on any atom is -0.466 e. The lowest BCUT2D eigenvalue weighted by Gasteiger charge is -2.33. The maximum Gasteiger partial charge on any atom is 0.339 e. The molecule has 0 N–H and O–H groups in total. The highest BCUT2D eigenvalue weighted by Crippen LogP contribution is 2.27. The number of piperidine rings is 1. The first-order chi connectivity index (χ1) is 10.2. The van der Waals surface area contributed by atoms with Gasteiger partial charge in [-0.15, -0.1) is 0 Å². The normalized spacial score (nSPS) is 15.6. The van der Waals surface area contributed by atoms with Gasteiger partial charge in [-0.25, -0.2) is 4.79 Å². The van der Waals surface area contributed by atoms with Gasteiger partial charge in [-0.05, 0) is 31.9 Å². The van der Waals surface area contributed by atoms with Crippen LogP contribution in [0.15, 0.2) is 24.3 Å². The smallest absolute Gasteiger partial charge is 0.339 e. The minimum absolute atomic E-state index is 0.0357. The molecule has 0 unspecified atom stereocenters. The molecule has 1 fully saturated rings. The highest BCUT2D eigenvalue weighted by molar-refractivity contribution is 5.95. The van der Waals surface area contributed by atoms with Crippen molar-refractivity contribution < 1.29 is 19.1 Å². The van der Waals surface area contributed by atoms with Crippen LogP contribution < -0.4 is 4.90 Å². The molecule has 21 heavy (non-hydrogen) atoms. The molecule has 5 nitrogen and oxygen atoms in total. The van der Waals surface area contributed by atoms with Crippen LogP contribution in [0.5, 0.6) is 0 Å². The first-order valence-electron chi connectivity index (χ1n) is 7.26. The van der Waals surface area contributed by atoms with E-state index in [0.717, 1.165) is 31.6 Å². The van der Waals surface area contributed by atoms with Gasteiger partial charge in [0.15, 0.2) is 0 Å². The van der Waals surface area contributed by atoms with Gasteiger partial charge in [0.2, 0.25) is 0 Å². The van der Waals surface area contributed by atoms with Crippen LogP contribution in [-0.2, 0) is 14.3 Å². The number of hydrogen-bond donors (Lipinski definition) is 0. The molecule has 0 radical (unpaired) electrons. The molecule has 1 aromatic carbocycles. The van der Waals surface area contributed by atoms with Crippen LogP contribution in [0.25, 0.3) is 0 Å². The molecule has 0 saturated carbocycles. The van der Waals surface area contributed by atoms with E-state index in [2.05, 4.69) is 4.90 Å². The highest BCUT2D eigenvalue weighted by Gasteiger charge is 2.27. The van der Waals surface area contributed by atoms with E-state index in [1.807, 2.05) is 25.1 Å². The predicted octanol–water partition coefficient (Wildman–Crippen LogP) is 2.25. The third kappa shape index (κ3) is 3.54. The molecular formula is C16H21NO4. The van der Waals surface area contributed by atoms with Crippen molar-refractivity contribution in [2.75, 3.05) is 31.7 Å². The van der Waals surface area contributed by atoms with Gasteiger partial charge in [0.05, 0.1) is 30.9 Å². The van der Waals surface area contributed by atoms with Gasteiger partial charge >= 0.3 is 11.9 Å². The first-order valence-corrected chi connectivity index (χ1v) is 7.26. The zero-order valence-corrected chi connectivity index (χ0v) is 12.5. The van der Waals surface area contributed by atoms with E-state index < -0.39 is 0 Å². The third-order valence-corrected chi connectivity index (χ3v) is 3.76. The van der Waals surface area contributed by atoms with E-state index >= 15 is 0 Å². The summed E-state index contributed by atoms with van der Waals surface area (Å²) >= 11 is 0. The quantitative estimate of drug-likeness (QED) is 0.796. The Morgan fingerprint density at radius 1 is 1.24 bits per heavy atom. The number of anilines is 1. The van der Waals surface area contributed by atoms with E-state index in [-0.39, 0.29) is 17.9 Å². The molecule has 0 aliphatic carbocycles. The Labute approximate surface area is 124 Å². The van der Waals surface area contributed by atoms with Crippen LogP contribution in [0.3, 0.4) is 0 Å². The van der Waals surface area contributed by atoms with Gasteiger partial charge in [-0.2, -0.15) is 0 Å². The molecule has 1 saturated heterocycles. The zero-order chi connectivity index (χ0) is 15.2. The van der Waals surface area contributed by atoms with E-state index in [1.54, 1.807) is 6.07 Å². The average Bonchev–Trinajstić information content (AvgIpc) is 2.54. The minimum atomic E-state index is -0.335. The van der Waals surface area contributed by atoms with Gasteiger partial charge in [0.1, 0.15) is 0 Å². The van der Waals surface area contributed by atoms with Crippen molar-refractivity contribution in [3.8, 4) is 0 Å². The van der Waals surface area contributed by atoms with Gasteiger partial charge in [0.25, 0.3) is 0 Å². The lowest BCUT2D eigenvalue weighted by Crippen LogP contribution is -2.37. The second-order valence-electron chi connectivity index (χ2n) is 5.02. The molecule has 0 atom stereocenters. The number of carbonyl (C=O) groups is 2. The van der Waals surface area contributed by atoms with Crippen LogP contribution >= 0.6 is 0 Å². The summed E-state index contributed by atoms with van der Waals surface area (Å²) < 4.78 is 9.89. The summed E-state index contributed by atoms with van der Waals surface area (Å²) in [6.45, 7) is 3.71. The molecule has 1 heterocycles. The van der Waals surface area contributed by atoms with Gasteiger partial charge in [-0.3, -0.25) is 4.79 Å². The number of rotatable bonds is 4. The molecule has 0 spiro atoms. The zero-order valence-electron chi connectivity index (χ0n) is 12.5. The summed E-state index contributed by atoms with van der Waals surface area (Å²) in [5.41, 5.74) is 1.43. The van der Waals surface area contributed by atoms with Crippen molar-refractivity contribution in [1.82, 2.24) is 0 Å². The Bertz CT molecular complexity index is 507. The molecular weight excluding hydrogens is 270 g/mol. The fraction of sp³-hybridized carbons (Fsp3) is 0.500. The third-order valence-electron chi connectivity index (χ3n) is 3.76. The van der Waals surface area contributed by atoms with Crippen LogP contribution in [0, 0.1) is 5.92 Å². The average molecular weight is 291 g/mol. The lowest BCUT2D eigenvalue weighted by molar-refractivity contribution is -0.148. The number of methoxy groups -OCH3 is 1. The molecule has 1 aromatic rings. The molecule has 0 aromatic heterocycles. The maximum absolute atomic E-state index is 11.8. The van der Waals surface area contributed by atoms with Crippen molar-refractivity contribution in [3.63, 3.8) is 0 Å². The number of benzene rings is 1. The fourth-order valence-electron chi connectivity index (χ4n) is 2.65. The Morgan fingerprint density at radius 3 is 2.52 bits per heavy atom. The second kappa shape index (κ2) is 7.11. The number of esters is 2. The summed E-state index contributed by atoms with van der Waals surface area (Å²) in [7, 11) is 1.38. The van der Waals surface area contributed by atoms with Crippen LogP contribution in [0.4, 0.5) is 5.69 Å². The fourth-order valence-corrected chi connectivity index (χ4v) is 2.65. The Balaban J connectivity index is 2.06. The van der Waals surface area contributed by atoms with Crippen LogP contribution in [-0.4, -0.2) is 38.7 Å². The number of para-hydroxylation sites is 1.